The third-order valence-electron chi connectivity index (χ3n) is 6.91. The molecule has 5 rings (SSSR count). The molecule has 0 saturated carbocycles. The molecular weight excluding hydrogens is 438 g/mol. The van der Waals surface area contributed by atoms with Crippen molar-refractivity contribution in [3.63, 3.8) is 0 Å². The van der Waals surface area contributed by atoms with Crippen LogP contribution in [0.15, 0.2) is 84.2 Å². The van der Waals surface area contributed by atoms with E-state index in [1.54, 1.807) is 12.1 Å². The molecule has 35 heavy (non-hydrogen) atoms. The fraction of sp³-hybridized carbons (Fsp3) is 0.267. The summed E-state index contributed by atoms with van der Waals surface area (Å²) in [6.07, 6.45) is 10.4. The lowest BCUT2D eigenvalue weighted by atomic mass is 9.81. The van der Waals surface area contributed by atoms with E-state index in [1.807, 2.05) is 6.07 Å². The van der Waals surface area contributed by atoms with Crippen LogP contribution < -0.4 is 9.47 Å². The van der Waals surface area contributed by atoms with Crippen LogP contribution in [0.1, 0.15) is 44.2 Å². The summed E-state index contributed by atoms with van der Waals surface area (Å²) >= 11 is 0. The van der Waals surface area contributed by atoms with Crippen molar-refractivity contribution in [1.29, 1.82) is 0 Å². The van der Waals surface area contributed by atoms with Crippen LogP contribution in [0.3, 0.4) is 0 Å². The standard InChI is InChI=1S/C30H30NO4/c1-5-17-33-29(32)34-23-15-13-21-18-22-10-8-9-20(28(22)35-26(21)19-23)14-16-27-30(2,3)24-11-6-7-12-25(24)31(27)4/h5-7,11-16,18-19H,1,8-10,17H2,2-4H3/q+1/b16-14+. The Morgan fingerprint density at radius 1 is 1.17 bits per heavy atom. The number of para-hydroxylation sites is 1. The summed E-state index contributed by atoms with van der Waals surface area (Å²) in [6.45, 7) is 8.18. The van der Waals surface area contributed by atoms with Gasteiger partial charge in [-0.25, -0.2) is 4.79 Å². The van der Waals surface area contributed by atoms with E-state index < -0.39 is 6.16 Å². The molecule has 2 aliphatic heterocycles. The number of carbonyl (C=O) groups excluding carboxylic acids is 1. The fourth-order valence-electron chi connectivity index (χ4n) is 5.15. The Hall–Kier alpha value is -3.86. The van der Waals surface area contributed by atoms with Crippen LogP contribution in [0.25, 0.3) is 6.08 Å². The fourth-order valence-corrected chi connectivity index (χ4v) is 5.15. The molecule has 0 aromatic heterocycles. The molecule has 5 heteroatoms. The molecule has 5 nitrogen and oxygen atoms in total. The monoisotopic (exact) mass is 468 g/mol. The van der Waals surface area contributed by atoms with Gasteiger partial charge in [-0.05, 0) is 68.5 Å². The lowest BCUT2D eigenvalue weighted by Crippen LogP contribution is -2.26. The van der Waals surface area contributed by atoms with Crippen LogP contribution >= 0.6 is 0 Å². The van der Waals surface area contributed by atoms with Crippen LogP contribution in [0, 0.1) is 0 Å². The van der Waals surface area contributed by atoms with E-state index in [9.17, 15) is 4.79 Å². The van der Waals surface area contributed by atoms with Crippen LogP contribution in [0.5, 0.6) is 11.5 Å². The van der Waals surface area contributed by atoms with Crippen molar-refractivity contribution in [3.8, 4) is 11.5 Å². The molecule has 0 atom stereocenters. The Kier molecular flexibility index (Phi) is 5.93. The van der Waals surface area contributed by atoms with Crippen molar-refractivity contribution in [2.24, 2.45) is 0 Å². The van der Waals surface area contributed by atoms with Gasteiger partial charge >= 0.3 is 6.16 Å². The van der Waals surface area contributed by atoms with E-state index in [2.05, 4.69) is 74.5 Å². The zero-order valence-corrected chi connectivity index (χ0v) is 20.5. The van der Waals surface area contributed by atoms with E-state index in [0.29, 0.717) is 11.5 Å². The number of hydrogen-bond donors (Lipinski definition) is 0. The highest BCUT2D eigenvalue weighted by molar-refractivity contribution is 6.03. The first-order chi connectivity index (χ1) is 16.9. The second-order valence-electron chi connectivity index (χ2n) is 9.55. The largest absolute Gasteiger partial charge is 0.514 e. The zero-order valence-electron chi connectivity index (χ0n) is 20.5. The van der Waals surface area contributed by atoms with Crippen LogP contribution in [-0.2, 0) is 10.2 Å². The number of benzene rings is 2. The first-order valence-electron chi connectivity index (χ1n) is 12.0. The zero-order chi connectivity index (χ0) is 24.6. The number of hydrogen-bond acceptors (Lipinski definition) is 4. The van der Waals surface area contributed by atoms with Gasteiger partial charge in [0.05, 0.1) is 5.41 Å². The Balaban J connectivity index is 1.44. The van der Waals surface area contributed by atoms with Crippen molar-refractivity contribution < 1.29 is 23.6 Å². The molecule has 3 aliphatic rings. The van der Waals surface area contributed by atoms with Gasteiger partial charge in [0, 0.05) is 29.3 Å². The Labute approximate surface area is 206 Å². The summed E-state index contributed by atoms with van der Waals surface area (Å²) in [7, 11) is 2.13. The predicted octanol–water partition coefficient (Wildman–Crippen LogP) is 6.86. The second-order valence-corrected chi connectivity index (χ2v) is 9.55. The van der Waals surface area contributed by atoms with Crippen molar-refractivity contribution in [2.75, 3.05) is 13.7 Å². The van der Waals surface area contributed by atoms with Gasteiger partial charge in [-0.2, -0.15) is 4.58 Å². The third-order valence-corrected chi connectivity index (χ3v) is 6.91. The lowest BCUT2D eigenvalue weighted by molar-refractivity contribution is -0.401. The van der Waals surface area contributed by atoms with Gasteiger partial charge in [0.2, 0.25) is 5.69 Å². The minimum Gasteiger partial charge on any atom is -0.456 e. The summed E-state index contributed by atoms with van der Waals surface area (Å²) in [5.74, 6) is 1.96. The van der Waals surface area contributed by atoms with Crippen molar-refractivity contribution in [2.45, 2.75) is 38.5 Å². The highest BCUT2D eigenvalue weighted by Gasteiger charge is 2.42. The van der Waals surface area contributed by atoms with Gasteiger partial charge < -0.3 is 14.2 Å². The Morgan fingerprint density at radius 3 is 2.80 bits per heavy atom. The second kappa shape index (κ2) is 9.06. The molecule has 2 aromatic rings. The molecule has 0 bridgehead atoms. The van der Waals surface area contributed by atoms with E-state index >= 15 is 0 Å². The van der Waals surface area contributed by atoms with Crippen LogP contribution in [-0.4, -0.2) is 30.1 Å². The van der Waals surface area contributed by atoms with Gasteiger partial charge in [0.15, 0.2) is 5.71 Å². The molecule has 0 amide bonds. The van der Waals surface area contributed by atoms with Gasteiger partial charge in [0.1, 0.15) is 30.9 Å². The van der Waals surface area contributed by atoms with Gasteiger partial charge in [-0.1, -0.05) is 30.9 Å². The first kappa shape index (κ1) is 22.9. The van der Waals surface area contributed by atoms with E-state index in [4.69, 9.17) is 14.2 Å². The molecular formula is C30H30NO4+. The minimum absolute atomic E-state index is 0.0765. The molecule has 178 valence electrons. The number of fused-ring (bicyclic) bond motifs is 3. The average Bonchev–Trinajstić information content (AvgIpc) is 3.05. The summed E-state index contributed by atoms with van der Waals surface area (Å²) in [5, 5.41) is 0. The average molecular weight is 469 g/mol. The van der Waals surface area contributed by atoms with Crippen LogP contribution in [0.2, 0.25) is 0 Å². The van der Waals surface area contributed by atoms with Gasteiger partial charge in [-0.3, -0.25) is 0 Å². The maximum atomic E-state index is 11.8. The van der Waals surface area contributed by atoms with E-state index in [-0.39, 0.29) is 12.0 Å². The SMILES string of the molecule is C=CCOC(=O)Oc1ccc2c(c1)OC1=C(/C=C/C3=[N+](C)c4ccccc4C3(C)C)CCCC1=C2. The molecule has 0 fully saturated rings. The molecule has 0 unspecified atom stereocenters. The number of allylic oxidation sites excluding steroid dienone is 4. The molecule has 0 radical (unpaired) electrons. The number of rotatable bonds is 5. The maximum Gasteiger partial charge on any atom is 0.514 e. The molecule has 0 spiro atoms. The van der Waals surface area contributed by atoms with E-state index in [1.165, 1.54) is 34.2 Å². The van der Waals surface area contributed by atoms with Gasteiger partial charge in [0.25, 0.3) is 0 Å². The molecule has 2 heterocycles. The Morgan fingerprint density at radius 2 is 2.00 bits per heavy atom. The first-order valence-corrected chi connectivity index (χ1v) is 12.0. The summed E-state index contributed by atoms with van der Waals surface area (Å²) in [6, 6.07) is 14.0. The highest BCUT2D eigenvalue weighted by atomic mass is 16.7. The summed E-state index contributed by atoms with van der Waals surface area (Å²) < 4.78 is 18.9. The quantitative estimate of drug-likeness (QED) is 0.208. The molecule has 2 aromatic carbocycles. The number of carbonyl (C=O) groups is 1. The lowest BCUT2D eigenvalue weighted by Gasteiger charge is -2.26. The minimum atomic E-state index is -0.765. The molecule has 0 N–H and O–H groups in total. The number of nitrogens with zero attached hydrogens (tertiary/aromatic N) is 1. The molecule has 0 saturated heterocycles. The highest BCUT2D eigenvalue weighted by Crippen LogP contribution is 2.42. The third kappa shape index (κ3) is 4.23. The van der Waals surface area contributed by atoms with E-state index in [0.717, 1.165) is 30.6 Å². The van der Waals surface area contributed by atoms with Gasteiger partial charge in [-0.15, -0.1) is 0 Å². The Bertz CT molecular complexity index is 1340. The predicted molar refractivity (Wildman–Crippen MR) is 138 cm³/mol. The topological polar surface area (TPSA) is 47.8 Å². The maximum absolute atomic E-state index is 11.8. The van der Waals surface area contributed by atoms with Crippen LogP contribution in [0.4, 0.5) is 10.5 Å². The van der Waals surface area contributed by atoms with Crippen molar-refractivity contribution in [1.82, 2.24) is 0 Å². The smallest absolute Gasteiger partial charge is 0.456 e. The number of ether oxygens (including phenoxy) is 3. The normalized spacial score (nSPS) is 17.9. The van der Waals surface area contributed by atoms with Crippen molar-refractivity contribution in [3.05, 3.63) is 95.3 Å². The summed E-state index contributed by atoms with van der Waals surface area (Å²) in [5.41, 5.74) is 7.13. The summed E-state index contributed by atoms with van der Waals surface area (Å²) in [4.78, 5) is 11.8. The van der Waals surface area contributed by atoms with Crippen molar-refractivity contribution >= 4 is 23.6 Å². The molecule has 1 aliphatic carbocycles.